The summed E-state index contributed by atoms with van der Waals surface area (Å²) in [5, 5.41) is 0. The van der Waals surface area contributed by atoms with Crippen LogP contribution < -0.4 is 0 Å². The molecule has 0 fully saturated rings. The average molecular weight is 226 g/mol. The summed E-state index contributed by atoms with van der Waals surface area (Å²) in [5.41, 5.74) is 0. The summed E-state index contributed by atoms with van der Waals surface area (Å²) < 4.78 is 15.7. The molecule has 0 aliphatic heterocycles. The SMILES string of the molecule is [BaH2].[MgH2].[O]=[Al][OH]. The van der Waals surface area contributed by atoms with Crippen molar-refractivity contribution in [3.8, 4) is 0 Å². The van der Waals surface area contributed by atoms with Gasteiger partial charge in [-0.1, -0.05) is 0 Å². The predicted molar refractivity (Wildman–Crippen MR) is 25.7 cm³/mol. The monoisotopic (exact) mass is 226 g/mol. The third kappa shape index (κ3) is 21.2. The molecule has 0 bridgehead atoms. The Morgan fingerprint density at radius 3 is 1.60 bits per heavy atom. The van der Waals surface area contributed by atoms with E-state index in [-0.39, 0.29) is 71.9 Å². The maximum atomic E-state index is 8.57. The summed E-state index contributed by atoms with van der Waals surface area (Å²) in [7, 11) is 0. The fraction of sp³-hybridized carbons (Fsp3) is 0. The molecule has 0 saturated carbocycles. The van der Waals surface area contributed by atoms with E-state index in [1.165, 1.54) is 0 Å². The third-order valence-electron chi connectivity index (χ3n) is 0. The average Bonchev–Trinajstić information content (AvgIpc) is 0.918. The van der Waals surface area contributed by atoms with Crippen LogP contribution in [-0.2, 0) is 3.80 Å². The minimum absolute atomic E-state index is 0. The molecule has 5 heavy (non-hydrogen) atoms. The van der Waals surface area contributed by atoms with Crippen LogP contribution in [0.15, 0.2) is 0 Å². The van der Waals surface area contributed by atoms with Crippen LogP contribution in [0, 0.1) is 0 Å². The van der Waals surface area contributed by atoms with E-state index in [2.05, 4.69) is 0 Å². The summed E-state index contributed by atoms with van der Waals surface area (Å²) in [5.74, 6) is 0. The van der Waals surface area contributed by atoms with E-state index in [1.54, 1.807) is 0 Å². The van der Waals surface area contributed by atoms with E-state index < -0.39 is 15.5 Å². The van der Waals surface area contributed by atoms with E-state index in [1.807, 2.05) is 0 Å². The van der Waals surface area contributed by atoms with E-state index in [0.29, 0.717) is 0 Å². The van der Waals surface area contributed by atoms with Gasteiger partial charge in [0.2, 0.25) is 0 Å². The van der Waals surface area contributed by atoms with Crippen LogP contribution in [-0.4, -0.2) is 91.6 Å². The molecule has 1 N–H and O–H groups in total. The molecular formula is H5AlBaMgO2. The Morgan fingerprint density at radius 1 is 1.60 bits per heavy atom. The Balaban J connectivity index is -0.0000000200. The van der Waals surface area contributed by atoms with Gasteiger partial charge in [-0.05, 0) is 0 Å². The van der Waals surface area contributed by atoms with Crippen molar-refractivity contribution in [2.45, 2.75) is 0 Å². The van der Waals surface area contributed by atoms with Gasteiger partial charge >= 0.3 is 95.4 Å². The van der Waals surface area contributed by atoms with Crippen LogP contribution >= 0.6 is 0 Å². The van der Waals surface area contributed by atoms with Crippen LogP contribution in [0.25, 0.3) is 0 Å². The van der Waals surface area contributed by atoms with E-state index >= 15 is 0 Å². The Kier molecular flexibility index (Phi) is 50.3. The first-order chi connectivity index (χ1) is 1.41. The molecule has 0 heterocycles. The molecule has 0 spiro atoms. The van der Waals surface area contributed by atoms with Gasteiger partial charge < -0.3 is 0 Å². The molecule has 0 saturated heterocycles. The molecule has 0 aliphatic rings. The van der Waals surface area contributed by atoms with Gasteiger partial charge in [-0.25, -0.2) is 0 Å². The molecular weight excluding hydrogens is 221 g/mol. The zero-order valence-corrected chi connectivity index (χ0v) is 2.59. The van der Waals surface area contributed by atoms with Gasteiger partial charge in [-0.15, -0.1) is 0 Å². The third-order valence-corrected chi connectivity index (χ3v) is 0. The van der Waals surface area contributed by atoms with Crippen LogP contribution in [0.5, 0.6) is 0 Å². The topological polar surface area (TPSA) is 37.3 Å². The van der Waals surface area contributed by atoms with Crippen molar-refractivity contribution < 1.29 is 7.96 Å². The predicted octanol–water partition coefficient (Wildman–Crippen LogP) is -2.89. The van der Waals surface area contributed by atoms with Gasteiger partial charge in [0, 0.05) is 0 Å². The summed E-state index contributed by atoms with van der Waals surface area (Å²) >= 11 is -1.50. The van der Waals surface area contributed by atoms with E-state index in [4.69, 9.17) is 7.96 Å². The quantitative estimate of drug-likeness (QED) is 0.450. The van der Waals surface area contributed by atoms with Gasteiger partial charge in [-0.3, -0.25) is 0 Å². The summed E-state index contributed by atoms with van der Waals surface area (Å²) in [6.07, 6.45) is 0. The molecule has 0 aromatic carbocycles. The van der Waals surface area contributed by atoms with Crippen LogP contribution in [0.1, 0.15) is 0 Å². The second-order valence-corrected chi connectivity index (χ2v) is 0.316. The molecule has 0 amide bonds. The second-order valence-electron chi connectivity index (χ2n) is 0.105. The maximum absolute atomic E-state index is 8.57. The van der Waals surface area contributed by atoms with Crippen LogP contribution in [0.3, 0.4) is 0 Å². The zero-order chi connectivity index (χ0) is 2.71. The van der Waals surface area contributed by atoms with Crippen LogP contribution in [0.2, 0.25) is 0 Å². The number of rotatable bonds is 0. The Hall–Kier alpha value is 2.47. The Labute approximate surface area is 93.2 Å². The molecule has 0 unspecified atom stereocenters. The van der Waals surface area contributed by atoms with Crippen molar-refractivity contribution in [3.63, 3.8) is 0 Å². The minimum atomic E-state index is -1.50. The van der Waals surface area contributed by atoms with Crippen molar-refractivity contribution in [2.24, 2.45) is 0 Å². The van der Waals surface area contributed by atoms with Crippen molar-refractivity contribution in [1.29, 1.82) is 0 Å². The van der Waals surface area contributed by atoms with Gasteiger partial charge in [-0.2, -0.15) is 0 Å². The van der Waals surface area contributed by atoms with Crippen molar-refractivity contribution >= 4 is 87.4 Å². The van der Waals surface area contributed by atoms with Gasteiger partial charge in [0.1, 0.15) is 0 Å². The van der Waals surface area contributed by atoms with E-state index in [9.17, 15) is 0 Å². The second kappa shape index (κ2) is 16.1. The first-order valence-corrected chi connectivity index (χ1v) is 1.48. The molecule has 0 rings (SSSR count). The molecule has 2 nitrogen and oxygen atoms in total. The molecule has 0 aromatic heterocycles. The first-order valence-electron chi connectivity index (χ1n) is 0.494. The number of hydrogen-bond donors (Lipinski definition) is 1. The van der Waals surface area contributed by atoms with Crippen molar-refractivity contribution in [2.75, 3.05) is 0 Å². The summed E-state index contributed by atoms with van der Waals surface area (Å²) in [4.78, 5) is 0. The summed E-state index contributed by atoms with van der Waals surface area (Å²) in [6, 6.07) is 0. The molecule has 5 heteroatoms. The van der Waals surface area contributed by atoms with Gasteiger partial charge in [0.05, 0.1) is 0 Å². The zero-order valence-electron chi connectivity index (χ0n) is 1.43. The first kappa shape index (κ1) is 15.6. The van der Waals surface area contributed by atoms with E-state index in [0.717, 1.165) is 0 Å². The molecule has 0 radical (unpaired) electrons. The normalized spacial score (nSPS) is 1.60. The molecule has 24 valence electrons. The fourth-order valence-corrected chi connectivity index (χ4v) is 0. The van der Waals surface area contributed by atoms with Gasteiger partial charge in [0.25, 0.3) is 0 Å². The molecule has 0 atom stereocenters. The number of hydrogen-bond acceptors (Lipinski definition) is 1. The summed E-state index contributed by atoms with van der Waals surface area (Å²) in [6.45, 7) is 0. The fourth-order valence-electron chi connectivity index (χ4n) is 0. The van der Waals surface area contributed by atoms with Gasteiger partial charge in [0.15, 0.2) is 0 Å². The standard InChI is InChI=1S/Al.Ba.Mg.H2O.O.4H/h;;;1H2;;;;;/q+1;;;;;;;;/p-1. The van der Waals surface area contributed by atoms with Crippen molar-refractivity contribution in [3.05, 3.63) is 0 Å². The van der Waals surface area contributed by atoms with Crippen LogP contribution in [0.4, 0.5) is 0 Å². The Bertz CT molecular complexity index is 17.1. The molecule has 0 aliphatic carbocycles. The van der Waals surface area contributed by atoms with Crippen molar-refractivity contribution in [1.82, 2.24) is 0 Å². The Morgan fingerprint density at radius 2 is 1.60 bits per heavy atom. The molecule has 0 aromatic rings.